The predicted molar refractivity (Wildman–Crippen MR) is 83.5 cm³/mol. The molecular weight excluding hydrogens is 280 g/mol. The standard InChI is InChI=1S/C15H22N6O/c1-20(2)15-18-7-11(8-19-15)9-21-10-12(22-3)6-13(21)14-16-4-5-17-14/h4-5,7-8,12-13H,6,9-10H2,1-3H3,(H,16,17)/t12-,13?/m1/s1. The number of anilines is 1. The van der Waals surface area contributed by atoms with Gasteiger partial charge >= 0.3 is 0 Å². The Labute approximate surface area is 130 Å². The third kappa shape index (κ3) is 3.10. The van der Waals surface area contributed by atoms with Crippen molar-refractivity contribution in [3.63, 3.8) is 0 Å². The van der Waals surface area contributed by atoms with Crippen LogP contribution in [0.2, 0.25) is 0 Å². The van der Waals surface area contributed by atoms with Gasteiger partial charge in [-0.05, 0) is 6.42 Å². The Bertz CT molecular complexity index is 583. The fourth-order valence-corrected chi connectivity index (χ4v) is 2.85. The normalized spacial score (nSPS) is 22.1. The van der Waals surface area contributed by atoms with E-state index in [1.165, 1.54) is 0 Å². The van der Waals surface area contributed by atoms with Gasteiger partial charge in [0, 0.05) is 64.6 Å². The number of hydrogen-bond acceptors (Lipinski definition) is 6. The van der Waals surface area contributed by atoms with E-state index in [4.69, 9.17) is 4.74 Å². The van der Waals surface area contributed by atoms with Crippen LogP contribution in [0, 0.1) is 0 Å². The lowest BCUT2D eigenvalue weighted by molar-refractivity contribution is 0.107. The van der Waals surface area contributed by atoms with Gasteiger partial charge in [0.05, 0.1) is 12.1 Å². The van der Waals surface area contributed by atoms with E-state index in [-0.39, 0.29) is 12.1 Å². The number of methoxy groups -OCH3 is 1. The molecule has 3 rings (SSSR count). The first kappa shape index (κ1) is 14.9. The van der Waals surface area contributed by atoms with Gasteiger partial charge in [0.1, 0.15) is 5.82 Å². The zero-order valence-electron chi connectivity index (χ0n) is 13.2. The van der Waals surface area contributed by atoms with Crippen LogP contribution in [-0.2, 0) is 11.3 Å². The molecule has 2 atom stereocenters. The third-order valence-corrected chi connectivity index (χ3v) is 4.01. The first-order valence-electron chi connectivity index (χ1n) is 7.41. The molecule has 7 nitrogen and oxygen atoms in total. The summed E-state index contributed by atoms with van der Waals surface area (Å²) in [5, 5.41) is 0. The fourth-order valence-electron chi connectivity index (χ4n) is 2.85. The van der Waals surface area contributed by atoms with Crippen LogP contribution in [0.15, 0.2) is 24.8 Å². The Morgan fingerprint density at radius 2 is 2.09 bits per heavy atom. The lowest BCUT2D eigenvalue weighted by Gasteiger charge is -2.22. The molecule has 0 radical (unpaired) electrons. The van der Waals surface area contributed by atoms with Crippen molar-refractivity contribution < 1.29 is 4.74 Å². The second-order valence-electron chi connectivity index (χ2n) is 5.80. The molecule has 0 bridgehead atoms. The number of likely N-dealkylation sites (tertiary alicyclic amines) is 1. The molecule has 22 heavy (non-hydrogen) atoms. The summed E-state index contributed by atoms with van der Waals surface area (Å²) in [5.74, 6) is 1.72. The average Bonchev–Trinajstić information content (AvgIpc) is 3.16. The summed E-state index contributed by atoms with van der Waals surface area (Å²) in [5.41, 5.74) is 1.10. The Morgan fingerprint density at radius 1 is 1.32 bits per heavy atom. The quantitative estimate of drug-likeness (QED) is 0.896. The fraction of sp³-hybridized carbons (Fsp3) is 0.533. The number of aromatic nitrogens is 4. The molecule has 0 spiro atoms. The molecule has 1 unspecified atom stereocenters. The molecular formula is C15H22N6O. The largest absolute Gasteiger partial charge is 0.380 e. The molecule has 0 aromatic carbocycles. The summed E-state index contributed by atoms with van der Waals surface area (Å²) >= 11 is 0. The second-order valence-corrected chi connectivity index (χ2v) is 5.80. The van der Waals surface area contributed by atoms with Gasteiger partial charge < -0.3 is 14.6 Å². The Balaban J connectivity index is 1.74. The molecule has 2 aromatic heterocycles. The van der Waals surface area contributed by atoms with Crippen LogP contribution in [0.25, 0.3) is 0 Å². The Hall–Kier alpha value is -1.99. The third-order valence-electron chi connectivity index (χ3n) is 4.01. The summed E-state index contributed by atoms with van der Waals surface area (Å²) in [6.45, 7) is 1.68. The Kier molecular flexibility index (Phi) is 4.35. The maximum absolute atomic E-state index is 5.54. The van der Waals surface area contributed by atoms with E-state index in [2.05, 4.69) is 24.8 Å². The first-order valence-corrected chi connectivity index (χ1v) is 7.41. The van der Waals surface area contributed by atoms with Crippen molar-refractivity contribution in [3.05, 3.63) is 36.2 Å². The van der Waals surface area contributed by atoms with Crippen LogP contribution in [0.5, 0.6) is 0 Å². The molecule has 1 fully saturated rings. The van der Waals surface area contributed by atoms with Crippen molar-refractivity contribution in [1.29, 1.82) is 0 Å². The van der Waals surface area contributed by atoms with Gasteiger partial charge in [-0.25, -0.2) is 15.0 Å². The van der Waals surface area contributed by atoms with Crippen molar-refractivity contribution in [3.8, 4) is 0 Å². The van der Waals surface area contributed by atoms with Crippen molar-refractivity contribution in [2.75, 3.05) is 32.6 Å². The van der Waals surface area contributed by atoms with Crippen molar-refractivity contribution in [2.24, 2.45) is 0 Å². The van der Waals surface area contributed by atoms with Crippen LogP contribution in [-0.4, -0.2) is 58.7 Å². The van der Waals surface area contributed by atoms with Crippen LogP contribution in [0.4, 0.5) is 5.95 Å². The average molecular weight is 302 g/mol. The summed E-state index contributed by atoms with van der Waals surface area (Å²) in [7, 11) is 5.64. The van der Waals surface area contributed by atoms with Crippen LogP contribution >= 0.6 is 0 Å². The summed E-state index contributed by atoms with van der Waals surface area (Å²) < 4.78 is 5.54. The molecule has 118 valence electrons. The van der Waals surface area contributed by atoms with E-state index in [0.29, 0.717) is 0 Å². The number of nitrogens with zero attached hydrogens (tertiary/aromatic N) is 5. The summed E-state index contributed by atoms with van der Waals surface area (Å²) in [4.78, 5) is 20.6. The van der Waals surface area contributed by atoms with Crippen LogP contribution in [0.3, 0.4) is 0 Å². The number of ether oxygens (including phenoxy) is 1. The van der Waals surface area contributed by atoms with Gasteiger partial charge in [-0.1, -0.05) is 0 Å². The van der Waals surface area contributed by atoms with E-state index >= 15 is 0 Å². The highest BCUT2D eigenvalue weighted by Crippen LogP contribution is 2.32. The molecule has 1 aliphatic rings. The zero-order valence-corrected chi connectivity index (χ0v) is 13.2. The number of imidazole rings is 1. The maximum Gasteiger partial charge on any atom is 0.224 e. The smallest absolute Gasteiger partial charge is 0.224 e. The highest BCUT2D eigenvalue weighted by Gasteiger charge is 2.34. The van der Waals surface area contributed by atoms with Crippen LogP contribution < -0.4 is 4.90 Å². The highest BCUT2D eigenvalue weighted by molar-refractivity contribution is 5.26. The van der Waals surface area contributed by atoms with Crippen LogP contribution in [0.1, 0.15) is 23.9 Å². The highest BCUT2D eigenvalue weighted by atomic mass is 16.5. The van der Waals surface area contributed by atoms with Gasteiger partial charge in [0.15, 0.2) is 0 Å². The number of nitrogens with one attached hydrogen (secondary N) is 1. The van der Waals surface area contributed by atoms with Crippen molar-refractivity contribution in [2.45, 2.75) is 25.1 Å². The van der Waals surface area contributed by atoms with Gasteiger partial charge in [0.2, 0.25) is 5.95 Å². The lowest BCUT2D eigenvalue weighted by atomic mass is 10.2. The van der Waals surface area contributed by atoms with E-state index in [1.807, 2.05) is 37.6 Å². The second kappa shape index (κ2) is 6.41. The van der Waals surface area contributed by atoms with Crippen molar-refractivity contribution in [1.82, 2.24) is 24.8 Å². The zero-order chi connectivity index (χ0) is 15.5. The Morgan fingerprint density at radius 3 is 2.68 bits per heavy atom. The monoisotopic (exact) mass is 302 g/mol. The molecule has 0 saturated carbocycles. The number of H-pyrrole nitrogens is 1. The molecule has 0 aliphatic carbocycles. The lowest BCUT2D eigenvalue weighted by Crippen LogP contribution is -2.25. The van der Waals surface area contributed by atoms with Gasteiger partial charge in [-0.3, -0.25) is 4.90 Å². The summed E-state index contributed by atoms with van der Waals surface area (Å²) in [6, 6.07) is 0.244. The predicted octanol–water partition coefficient (Wildman–Crippen LogP) is 1.23. The minimum absolute atomic E-state index is 0.233. The number of hydrogen-bond donors (Lipinski definition) is 1. The minimum atomic E-state index is 0.233. The molecule has 7 heteroatoms. The summed E-state index contributed by atoms with van der Waals surface area (Å²) in [6.07, 6.45) is 8.62. The minimum Gasteiger partial charge on any atom is -0.380 e. The van der Waals surface area contributed by atoms with Crippen molar-refractivity contribution >= 4 is 5.95 Å². The number of aromatic amines is 1. The SMILES string of the molecule is CO[C@@H]1CC(c2ncc[nH]2)N(Cc2cnc(N(C)C)nc2)C1. The molecule has 1 N–H and O–H groups in total. The molecule has 0 amide bonds. The molecule has 2 aromatic rings. The van der Waals surface area contributed by atoms with E-state index in [1.54, 1.807) is 13.3 Å². The maximum atomic E-state index is 5.54. The van der Waals surface area contributed by atoms with E-state index < -0.39 is 0 Å². The van der Waals surface area contributed by atoms with Gasteiger partial charge in [-0.15, -0.1) is 0 Å². The molecule has 1 aliphatic heterocycles. The molecule has 1 saturated heterocycles. The van der Waals surface area contributed by atoms with Gasteiger partial charge in [-0.2, -0.15) is 0 Å². The number of rotatable bonds is 5. The first-order chi connectivity index (χ1) is 10.7. The van der Waals surface area contributed by atoms with E-state index in [0.717, 1.165) is 36.8 Å². The van der Waals surface area contributed by atoms with Gasteiger partial charge in [0.25, 0.3) is 0 Å². The van der Waals surface area contributed by atoms with E-state index in [9.17, 15) is 0 Å². The molecule has 3 heterocycles. The topological polar surface area (TPSA) is 70.2 Å².